The van der Waals surface area contributed by atoms with Crippen LogP contribution in [-0.4, -0.2) is 46.5 Å². The van der Waals surface area contributed by atoms with Crippen LogP contribution in [0.4, 0.5) is 0 Å². The summed E-state index contributed by atoms with van der Waals surface area (Å²) < 4.78 is 28.0. The summed E-state index contributed by atoms with van der Waals surface area (Å²) in [6.45, 7) is 1.06. The zero-order valence-corrected chi connectivity index (χ0v) is 14.6. The van der Waals surface area contributed by atoms with Gasteiger partial charge in [-0.15, -0.1) is 11.3 Å². The highest BCUT2D eigenvalue weighted by molar-refractivity contribution is 7.89. The topological polar surface area (TPSA) is 61.4 Å². The second-order valence-corrected chi connectivity index (χ2v) is 8.62. The molecule has 0 spiro atoms. The zero-order chi connectivity index (χ0) is 15.5. The molecule has 0 atom stereocenters. The number of likely N-dealkylation sites (N-methyl/N-ethyl adjacent to an activating group) is 1. The second kappa shape index (κ2) is 6.75. The Morgan fingerprint density at radius 3 is 2.57 bits per heavy atom. The van der Waals surface area contributed by atoms with Gasteiger partial charge in [-0.3, -0.25) is 0 Å². The van der Waals surface area contributed by atoms with Crippen LogP contribution in [0.25, 0.3) is 0 Å². The first-order chi connectivity index (χ1) is 9.91. The maximum absolute atomic E-state index is 12.6. The molecule has 1 fully saturated rings. The third-order valence-electron chi connectivity index (χ3n) is 4.41. The highest BCUT2D eigenvalue weighted by atomic mass is 32.2. The average Bonchev–Trinajstić information content (AvgIpc) is 3.06. The normalized spacial score (nSPS) is 18.5. The van der Waals surface area contributed by atoms with Crippen molar-refractivity contribution in [3.8, 4) is 0 Å². The Labute approximate surface area is 131 Å². The quantitative estimate of drug-likeness (QED) is 0.797. The van der Waals surface area contributed by atoms with E-state index in [-0.39, 0.29) is 5.54 Å². The van der Waals surface area contributed by atoms with Crippen molar-refractivity contribution in [2.75, 3.05) is 27.7 Å². The lowest BCUT2D eigenvalue weighted by molar-refractivity contribution is 0.162. The first-order valence-corrected chi connectivity index (χ1v) is 9.66. The minimum atomic E-state index is -3.44. The van der Waals surface area contributed by atoms with Crippen molar-refractivity contribution in [3.63, 3.8) is 0 Å². The van der Waals surface area contributed by atoms with Gasteiger partial charge < -0.3 is 10.2 Å². The van der Waals surface area contributed by atoms with E-state index in [0.717, 1.165) is 17.7 Å². The second-order valence-electron chi connectivity index (χ2n) is 5.89. The number of sulfonamides is 1. The number of rotatable bonds is 7. The minimum absolute atomic E-state index is 0.0355. The van der Waals surface area contributed by atoms with Crippen LogP contribution in [0.5, 0.6) is 0 Å². The van der Waals surface area contributed by atoms with Gasteiger partial charge in [0.1, 0.15) is 0 Å². The molecule has 2 rings (SSSR count). The molecule has 0 amide bonds. The fraction of sp³-hybridized carbons (Fsp3) is 0.714. The van der Waals surface area contributed by atoms with Gasteiger partial charge in [-0.1, -0.05) is 12.8 Å². The molecule has 0 saturated heterocycles. The molecular formula is C14H25N3O2S2. The van der Waals surface area contributed by atoms with E-state index in [1.807, 2.05) is 26.5 Å². The van der Waals surface area contributed by atoms with Crippen LogP contribution in [0, 0.1) is 0 Å². The summed E-state index contributed by atoms with van der Waals surface area (Å²) in [7, 11) is 2.46. The molecule has 0 aliphatic heterocycles. The Balaban J connectivity index is 2.12. The number of nitrogens with one attached hydrogen (secondary N) is 2. The van der Waals surface area contributed by atoms with E-state index in [4.69, 9.17) is 0 Å². The van der Waals surface area contributed by atoms with Crippen LogP contribution in [0.3, 0.4) is 0 Å². The van der Waals surface area contributed by atoms with Crippen LogP contribution in [-0.2, 0) is 16.6 Å². The Morgan fingerprint density at radius 2 is 2.00 bits per heavy atom. The standard InChI is InChI=1S/C14H25N3O2S2/c1-15-10-12-13(6-9-20-12)21(18,19)16-11-14(17(2)3)7-4-5-8-14/h6,9,15-16H,4-5,7-8,10-11H2,1-3H3. The largest absolute Gasteiger partial charge is 0.315 e. The van der Waals surface area contributed by atoms with Gasteiger partial charge in [0.2, 0.25) is 10.0 Å². The summed E-state index contributed by atoms with van der Waals surface area (Å²) in [5.74, 6) is 0. The lowest BCUT2D eigenvalue weighted by Crippen LogP contribution is -2.50. The van der Waals surface area contributed by atoms with Gasteiger partial charge >= 0.3 is 0 Å². The molecule has 2 N–H and O–H groups in total. The Hall–Kier alpha value is -0.470. The van der Waals surface area contributed by atoms with E-state index in [1.54, 1.807) is 6.07 Å². The first-order valence-electron chi connectivity index (χ1n) is 7.29. The van der Waals surface area contributed by atoms with E-state index < -0.39 is 10.0 Å². The van der Waals surface area contributed by atoms with E-state index in [9.17, 15) is 8.42 Å². The molecule has 1 heterocycles. The molecule has 5 nitrogen and oxygen atoms in total. The minimum Gasteiger partial charge on any atom is -0.315 e. The Bertz CT molecular complexity index is 561. The summed E-state index contributed by atoms with van der Waals surface area (Å²) in [5, 5.41) is 4.85. The SMILES string of the molecule is CNCc1sccc1S(=O)(=O)NCC1(N(C)C)CCCC1. The molecule has 0 aromatic carbocycles. The van der Waals surface area contributed by atoms with E-state index in [2.05, 4.69) is 14.9 Å². The van der Waals surface area contributed by atoms with Crippen molar-refractivity contribution in [1.82, 2.24) is 14.9 Å². The van der Waals surface area contributed by atoms with Gasteiger partial charge in [-0.25, -0.2) is 13.1 Å². The van der Waals surface area contributed by atoms with Crippen molar-refractivity contribution >= 4 is 21.4 Å². The molecule has 1 aromatic heterocycles. The molecule has 0 bridgehead atoms. The van der Waals surface area contributed by atoms with Crippen molar-refractivity contribution < 1.29 is 8.42 Å². The number of thiophene rings is 1. The van der Waals surface area contributed by atoms with Crippen molar-refractivity contribution in [1.29, 1.82) is 0 Å². The maximum Gasteiger partial charge on any atom is 0.241 e. The van der Waals surface area contributed by atoms with Gasteiger partial charge in [0.25, 0.3) is 0 Å². The van der Waals surface area contributed by atoms with E-state index in [0.29, 0.717) is 18.0 Å². The third-order valence-corrected chi connectivity index (χ3v) is 6.94. The van der Waals surface area contributed by atoms with Gasteiger partial charge in [0.05, 0.1) is 4.90 Å². The summed E-state index contributed by atoms with van der Waals surface area (Å²) in [5.41, 5.74) is -0.0355. The average molecular weight is 332 g/mol. The first kappa shape index (κ1) is 16.9. The fourth-order valence-electron chi connectivity index (χ4n) is 2.98. The zero-order valence-electron chi connectivity index (χ0n) is 13.0. The molecule has 0 radical (unpaired) electrons. The number of hydrogen-bond donors (Lipinski definition) is 2. The molecular weight excluding hydrogens is 306 g/mol. The van der Waals surface area contributed by atoms with E-state index >= 15 is 0 Å². The van der Waals surface area contributed by atoms with Gasteiger partial charge in [-0.05, 0) is 45.4 Å². The fourth-order valence-corrected chi connectivity index (χ4v) is 5.55. The monoisotopic (exact) mass is 331 g/mol. The van der Waals surface area contributed by atoms with Crippen LogP contribution in [0.15, 0.2) is 16.3 Å². The lowest BCUT2D eigenvalue weighted by Gasteiger charge is -2.36. The predicted octanol–water partition coefficient (Wildman–Crippen LogP) is 1.62. The van der Waals surface area contributed by atoms with Crippen LogP contribution >= 0.6 is 11.3 Å². The Morgan fingerprint density at radius 1 is 1.33 bits per heavy atom. The van der Waals surface area contributed by atoms with Crippen molar-refractivity contribution in [2.24, 2.45) is 0 Å². The van der Waals surface area contributed by atoms with Gasteiger partial charge in [0, 0.05) is 23.5 Å². The molecule has 7 heteroatoms. The molecule has 1 aliphatic rings. The van der Waals surface area contributed by atoms with Crippen molar-refractivity contribution in [3.05, 3.63) is 16.3 Å². The molecule has 1 saturated carbocycles. The van der Waals surface area contributed by atoms with Crippen LogP contribution in [0.1, 0.15) is 30.6 Å². The molecule has 1 aliphatic carbocycles. The number of hydrogen-bond acceptors (Lipinski definition) is 5. The third kappa shape index (κ3) is 3.65. The molecule has 1 aromatic rings. The Kier molecular flexibility index (Phi) is 5.43. The van der Waals surface area contributed by atoms with E-state index in [1.165, 1.54) is 24.2 Å². The highest BCUT2D eigenvalue weighted by Gasteiger charge is 2.37. The smallest absolute Gasteiger partial charge is 0.241 e. The van der Waals surface area contributed by atoms with Crippen LogP contribution in [0.2, 0.25) is 0 Å². The highest BCUT2D eigenvalue weighted by Crippen LogP contribution is 2.33. The van der Waals surface area contributed by atoms with Gasteiger partial charge in [-0.2, -0.15) is 0 Å². The van der Waals surface area contributed by atoms with Gasteiger partial charge in [0.15, 0.2) is 0 Å². The molecule has 0 unspecified atom stereocenters. The maximum atomic E-state index is 12.6. The predicted molar refractivity (Wildman–Crippen MR) is 87.2 cm³/mol. The molecule has 120 valence electrons. The number of nitrogens with zero attached hydrogens (tertiary/aromatic N) is 1. The summed E-state index contributed by atoms with van der Waals surface area (Å²) in [6.07, 6.45) is 4.44. The van der Waals surface area contributed by atoms with Crippen molar-refractivity contribution in [2.45, 2.75) is 42.7 Å². The summed E-state index contributed by atoms with van der Waals surface area (Å²) in [4.78, 5) is 3.44. The summed E-state index contributed by atoms with van der Waals surface area (Å²) in [6, 6.07) is 1.69. The van der Waals surface area contributed by atoms with Crippen LogP contribution < -0.4 is 10.0 Å². The molecule has 21 heavy (non-hydrogen) atoms. The lowest BCUT2D eigenvalue weighted by atomic mass is 9.97. The summed E-state index contributed by atoms with van der Waals surface area (Å²) >= 11 is 1.47.